The fourth-order valence-electron chi connectivity index (χ4n) is 1.60. The number of Topliss-reactive ketones (excluding diaryl/α,β-unsaturated/α-hetero) is 1. The number of halogens is 1. The van der Waals surface area contributed by atoms with E-state index in [2.05, 4.69) is 5.32 Å². The third-order valence-electron chi connectivity index (χ3n) is 2.49. The summed E-state index contributed by atoms with van der Waals surface area (Å²) in [5.74, 6) is -0.0358. The van der Waals surface area contributed by atoms with E-state index in [1.54, 1.807) is 19.1 Å². The zero-order chi connectivity index (χ0) is 15.5. The molecule has 1 N–H and O–H groups in total. The lowest BCUT2D eigenvalue weighted by molar-refractivity contribution is -0.128. The fraction of sp³-hybridized carbons (Fsp3) is 0.467. The molecule has 1 atom stereocenters. The monoisotopic (exact) mass is 297 g/mol. The average Bonchev–Trinajstić information content (AvgIpc) is 2.28. The molecule has 1 rings (SSSR count). The second-order valence-corrected chi connectivity index (χ2v) is 6.13. The lowest BCUT2D eigenvalue weighted by Crippen LogP contribution is -2.46. The maximum absolute atomic E-state index is 12.0. The van der Waals surface area contributed by atoms with E-state index < -0.39 is 6.10 Å². The van der Waals surface area contributed by atoms with Gasteiger partial charge in [0, 0.05) is 10.6 Å². The average molecular weight is 298 g/mol. The third-order valence-corrected chi connectivity index (χ3v) is 2.73. The van der Waals surface area contributed by atoms with E-state index >= 15 is 0 Å². The highest BCUT2D eigenvalue weighted by Gasteiger charge is 2.22. The van der Waals surface area contributed by atoms with E-state index in [4.69, 9.17) is 16.3 Å². The Morgan fingerprint density at radius 1 is 1.30 bits per heavy atom. The van der Waals surface area contributed by atoms with Gasteiger partial charge >= 0.3 is 0 Å². The Labute approximate surface area is 124 Å². The van der Waals surface area contributed by atoms with E-state index in [1.807, 2.05) is 20.8 Å². The van der Waals surface area contributed by atoms with Crippen LogP contribution in [0.5, 0.6) is 5.75 Å². The quantitative estimate of drug-likeness (QED) is 0.868. The Kier molecular flexibility index (Phi) is 5.17. The van der Waals surface area contributed by atoms with Crippen molar-refractivity contribution in [1.82, 2.24) is 5.32 Å². The minimum atomic E-state index is -0.700. The standard InChI is InChI=1S/C15H20ClNO3/c1-9(18)12-8-11(16)6-7-13(12)20-10(2)14(19)17-15(3,4)5/h6-8,10H,1-5H3,(H,17,19). The summed E-state index contributed by atoms with van der Waals surface area (Å²) in [4.78, 5) is 23.5. The Hall–Kier alpha value is -1.55. The number of hydrogen-bond donors (Lipinski definition) is 1. The zero-order valence-electron chi connectivity index (χ0n) is 12.4. The molecular formula is C15H20ClNO3. The molecule has 0 bridgehead atoms. The Bertz CT molecular complexity index is 520. The summed E-state index contributed by atoms with van der Waals surface area (Å²) < 4.78 is 5.58. The van der Waals surface area contributed by atoms with Crippen LogP contribution >= 0.6 is 11.6 Å². The molecular weight excluding hydrogens is 278 g/mol. The smallest absolute Gasteiger partial charge is 0.261 e. The van der Waals surface area contributed by atoms with Crippen molar-refractivity contribution < 1.29 is 14.3 Å². The second kappa shape index (κ2) is 6.27. The molecule has 0 aliphatic rings. The number of hydrogen-bond acceptors (Lipinski definition) is 3. The molecule has 0 spiro atoms. The summed E-state index contributed by atoms with van der Waals surface area (Å²) in [6.45, 7) is 8.74. The predicted molar refractivity (Wildman–Crippen MR) is 79.4 cm³/mol. The van der Waals surface area contributed by atoms with Gasteiger partial charge in [-0.05, 0) is 52.8 Å². The number of ketones is 1. The van der Waals surface area contributed by atoms with Crippen LogP contribution < -0.4 is 10.1 Å². The lowest BCUT2D eigenvalue weighted by Gasteiger charge is -2.24. The van der Waals surface area contributed by atoms with Crippen LogP contribution in [-0.4, -0.2) is 23.3 Å². The molecule has 0 aliphatic heterocycles. The summed E-state index contributed by atoms with van der Waals surface area (Å²) in [5.41, 5.74) is 0.0332. The Morgan fingerprint density at radius 3 is 2.40 bits per heavy atom. The first-order valence-electron chi connectivity index (χ1n) is 6.39. The van der Waals surface area contributed by atoms with Crippen molar-refractivity contribution in [2.75, 3.05) is 0 Å². The number of amides is 1. The van der Waals surface area contributed by atoms with Gasteiger partial charge < -0.3 is 10.1 Å². The minimum Gasteiger partial charge on any atom is -0.480 e. The summed E-state index contributed by atoms with van der Waals surface area (Å²) in [7, 11) is 0. The van der Waals surface area contributed by atoms with Crippen LogP contribution in [0.1, 0.15) is 45.0 Å². The van der Waals surface area contributed by atoms with Gasteiger partial charge in [0.05, 0.1) is 5.56 Å². The molecule has 0 aromatic heterocycles. The Morgan fingerprint density at radius 2 is 1.90 bits per heavy atom. The highest BCUT2D eigenvalue weighted by Crippen LogP contribution is 2.24. The molecule has 5 heteroatoms. The van der Waals surface area contributed by atoms with Gasteiger partial charge in [0.25, 0.3) is 5.91 Å². The molecule has 0 aliphatic carbocycles. The van der Waals surface area contributed by atoms with Crippen molar-refractivity contribution in [3.05, 3.63) is 28.8 Å². The summed E-state index contributed by atoms with van der Waals surface area (Å²) in [5, 5.41) is 3.28. The highest BCUT2D eigenvalue weighted by atomic mass is 35.5. The molecule has 0 fully saturated rings. The third kappa shape index (κ3) is 4.85. The van der Waals surface area contributed by atoms with E-state index in [-0.39, 0.29) is 17.2 Å². The van der Waals surface area contributed by atoms with Crippen LogP contribution in [-0.2, 0) is 4.79 Å². The molecule has 1 amide bonds. The van der Waals surface area contributed by atoms with E-state index in [0.29, 0.717) is 16.3 Å². The molecule has 4 nitrogen and oxygen atoms in total. The van der Waals surface area contributed by atoms with Gasteiger partial charge in [-0.25, -0.2) is 0 Å². The van der Waals surface area contributed by atoms with Gasteiger partial charge in [-0.1, -0.05) is 11.6 Å². The number of carbonyl (C=O) groups is 2. The SMILES string of the molecule is CC(=O)c1cc(Cl)ccc1OC(C)C(=O)NC(C)(C)C. The molecule has 20 heavy (non-hydrogen) atoms. The topological polar surface area (TPSA) is 55.4 Å². The van der Waals surface area contributed by atoms with E-state index in [1.165, 1.54) is 13.0 Å². The predicted octanol–water partition coefficient (Wildman–Crippen LogP) is 3.22. The number of rotatable bonds is 4. The normalized spacial score (nSPS) is 12.7. The lowest BCUT2D eigenvalue weighted by atomic mass is 10.1. The molecule has 1 aromatic rings. The van der Waals surface area contributed by atoms with Crippen molar-refractivity contribution in [1.29, 1.82) is 0 Å². The van der Waals surface area contributed by atoms with Gasteiger partial charge in [-0.15, -0.1) is 0 Å². The van der Waals surface area contributed by atoms with Crippen molar-refractivity contribution >= 4 is 23.3 Å². The minimum absolute atomic E-state index is 0.161. The second-order valence-electron chi connectivity index (χ2n) is 5.70. The molecule has 0 saturated heterocycles. The van der Waals surface area contributed by atoms with Crippen molar-refractivity contribution in [3.63, 3.8) is 0 Å². The van der Waals surface area contributed by atoms with Gasteiger partial charge in [-0.3, -0.25) is 9.59 Å². The van der Waals surface area contributed by atoms with Crippen LogP contribution in [0.4, 0.5) is 0 Å². The van der Waals surface area contributed by atoms with Crippen LogP contribution in [0.2, 0.25) is 5.02 Å². The maximum atomic E-state index is 12.0. The van der Waals surface area contributed by atoms with Gasteiger partial charge in [0.2, 0.25) is 0 Å². The first kappa shape index (κ1) is 16.5. The van der Waals surface area contributed by atoms with Crippen LogP contribution in [0.3, 0.4) is 0 Å². The maximum Gasteiger partial charge on any atom is 0.261 e. The number of ether oxygens (including phenoxy) is 1. The first-order valence-corrected chi connectivity index (χ1v) is 6.77. The fourth-order valence-corrected chi connectivity index (χ4v) is 1.77. The molecule has 0 saturated carbocycles. The number of benzene rings is 1. The highest BCUT2D eigenvalue weighted by molar-refractivity contribution is 6.31. The van der Waals surface area contributed by atoms with Crippen molar-refractivity contribution in [2.24, 2.45) is 0 Å². The van der Waals surface area contributed by atoms with Crippen LogP contribution in [0, 0.1) is 0 Å². The van der Waals surface area contributed by atoms with Gasteiger partial charge in [0.1, 0.15) is 5.75 Å². The summed E-state index contributed by atoms with van der Waals surface area (Å²) >= 11 is 5.86. The van der Waals surface area contributed by atoms with Crippen LogP contribution in [0.15, 0.2) is 18.2 Å². The van der Waals surface area contributed by atoms with Gasteiger partial charge in [0.15, 0.2) is 11.9 Å². The van der Waals surface area contributed by atoms with Crippen molar-refractivity contribution in [2.45, 2.75) is 46.3 Å². The van der Waals surface area contributed by atoms with E-state index in [9.17, 15) is 9.59 Å². The number of carbonyl (C=O) groups excluding carboxylic acids is 2. The molecule has 1 aromatic carbocycles. The summed E-state index contributed by atoms with van der Waals surface area (Å²) in [6.07, 6.45) is -0.700. The van der Waals surface area contributed by atoms with E-state index in [0.717, 1.165) is 0 Å². The Balaban J connectivity index is 2.88. The molecule has 1 unspecified atom stereocenters. The van der Waals surface area contributed by atoms with Crippen molar-refractivity contribution in [3.8, 4) is 5.75 Å². The van der Waals surface area contributed by atoms with Gasteiger partial charge in [-0.2, -0.15) is 0 Å². The largest absolute Gasteiger partial charge is 0.480 e. The molecule has 0 heterocycles. The zero-order valence-corrected chi connectivity index (χ0v) is 13.2. The molecule has 110 valence electrons. The van der Waals surface area contributed by atoms with Crippen LogP contribution in [0.25, 0.3) is 0 Å². The first-order chi connectivity index (χ1) is 9.10. The molecule has 0 radical (unpaired) electrons. The summed E-state index contributed by atoms with van der Waals surface area (Å²) in [6, 6.07) is 4.76. The number of nitrogens with one attached hydrogen (secondary N) is 1.